The molecule has 4 heterocycles. The van der Waals surface area contributed by atoms with Gasteiger partial charge < -0.3 is 4.42 Å². The van der Waals surface area contributed by atoms with E-state index in [1.807, 2.05) is 75.5 Å². The summed E-state index contributed by atoms with van der Waals surface area (Å²) in [5.41, 5.74) is 4.25. The van der Waals surface area contributed by atoms with Crippen LogP contribution in [-0.4, -0.2) is 9.97 Å². The van der Waals surface area contributed by atoms with Crippen molar-refractivity contribution in [2.24, 2.45) is 5.41 Å². The number of aromatic nitrogens is 2. The second-order valence-corrected chi connectivity index (χ2v) is 9.02. The first-order chi connectivity index (χ1) is 14.2. The van der Waals surface area contributed by atoms with E-state index in [1.165, 1.54) is 11.3 Å². The van der Waals surface area contributed by atoms with Crippen LogP contribution in [0.3, 0.4) is 0 Å². The topological polar surface area (TPSA) is 38.9 Å². The average Bonchev–Trinajstić information content (AvgIpc) is 3.27. The third-order valence-corrected chi connectivity index (χ3v) is 5.62. The highest BCUT2D eigenvalue weighted by Gasteiger charge is 2.17. The largest absolute Gasteiger partial charge is 0.437 e. The lowest BCUT2D eigenvalue weighted by Gasteiger charge is -2.17. The predicted octanol–water partition coefficient (Wildman–Crippen LogP) is 7.15. The lowest BCUT2D eigenvalue weighted by molar-refractivity contribution is 0.413. The normalized spacial score (nSPS) is 14.0. The number of fused-ring (bicyclic) bond motifs is 4. The molecule has 0 fully saturated rings. The van der Waals surface area contributed by atoms with Crippen LogP contribution in [0, 0.1) is 12.3 Å². The molecule has 0 saturated carbocycles. The fourth-order valence-electron chi connectivity index (χ4n) is 3.54. The lowest BCUT2D eigenvalue weighted by atomic mass is 9.88. The van der Waals surface area contributed by atoms with E-state index in [-0.39, 0.29) is 0 Å². The molecular weight excluding hydrogens is 364 g/mol. The minimum Gasteiger partial charge on any atom is -0.437 e. The maximum absolute atomic E-state index is 8.65. The van der Waals surface area contributed by atoms with E-state index in [0.717, 1.165) is 43.5 Å². The Balaban J connectivity index is 1.69. The highest BCUT2D eigenvalue weighted by molar-refractivity contribution is 7.16. The van der Waals surface area contributed by atoms with Crippen LogP contribution in [0.2, 0.25) is 0 Å². The summed E-state index contributed by atoms with van der Waals surface area (Å²) in [4.78, 5) is 10.2. The van der Waals surface area contributed by atoms with Gasteiger partial charge in [-0.25, -0.2) is 9.97 Å². The van der Waals surface area contributed by atoms with Crippen molar-refractivity contribution in [3.05, 3.63) is 59.1 Å². The van der Waals surface area contributed by atoms with Gasteiger partial charge in [0.2, 0.25) is 5.71 Å². The van der Waals surface area contributed by atoms with E-state index >= 15 is 0 Å². The third kappa shape index (κ3) is 2.89. The van der Waals surface area contributed by atoms with E-state index in [4.69, 9.17) is 12.1 Å². The van der Waals surface area contributed by atoms with E-state index < -0.39 is 11.8 Å². The molecule has 0 unspecified atom stereocenters. The van der Waals surface area contributed by atoms with Crippen molar-refractivity contribution in [1.29, 1.82) is 0 Å². The molecule has 140 valence electrons. The van der Waals surface area contributed by atoms with Gasteiger partial charge in [-0.2, -0.15) is 0 Å². The number of hydrogen-bond donors (Lipinski definition) is 0. The van der Waals surface area contributed by atoms with Crippen molar-refractivity contribution in [2.45, 2.75) is 34.1 Å². The van der Waals surface area contributed by atoms with Gasteiger partial charge in [0.05, 0.1) is 5.69 Å². The lowest BCUT2D eigenvalue weighted by Crippen LogP contribution is -2.08. The number of furan rings is 1. The predicted molar refractivity (Wildman–Crippen MR) is 118 cm³/mol. The molecule has 0 aliphatic heterocycles. The summed E-state index contributed by atoms with van der Waals surface area (Å²) < 4.78 is 23.4. The zero-order chi connectivity index (χ0) is 21.3. The smallest absolute Gasteiger partial charge is 0.227 e. The maximum atomic E-state index is 8.65. The van der Waals surface area contributed by atoms with Crippen LogP contribution in [0.25, 0.3) is 43.5 Å². The molecule has 0 atom stereocenters. The fourth-order valence-corrected chi connectivity index (χ4v) is 4.41. The highest BCUT2D eigenvalue weighted by Crippen LogP contribution is 2.36. The molecule has 5 rings (SSSR count). The number of benzene rings is 1. The number of hydrogen-bond acceptors (Lipinski definition) is 4. The van der Waals surface area contributed by atoms with Crippen molar-refractivity contribution in [3.8, 4) is 11.3 Å². The average molecular weight is 389 g/mol. The van der Waals surface area contributed by atoms with Crippen LogP contribution in [0.1, 0.15) is 34.8 Å². The van der Waals surface area contributed by atoms with Gasteiger partial charge in [-0.05, 0) is 60.0 Å². The first-order valence-corrected chi connectivity index (χ1v) is 10.2. The van der Waals surface area contributed by atoms with Gasteiger partial charge in [0.25, 0.3) is 0 Å². The second-order valence-electron chi connectivity index (χ2n) is 8.16. The van der Waals surface area contributed by atoms with Crippen molar-refractivity contribution in [1.82, 2.24) is 9.97 Å². The Morgan fingerprint density at radius 3 is 2.64 bits per heavy atom. The number of rotatable bonds is 2. The molecule has 0 spiro atoms. The molecule has 0 radical (unpaired) electrons. The Hall–Kier alpha value is -2.72. The van der Waals surface area contributed by atoms with Crippen LogP contribution in [0.4, 0.5) is 0 Å². The Bertz CT molecular complexity index is 1430. The number of thiophene rings is 1. The standard InChI is InChI=1S/C24H22N2OS/c1-14-8-9-18-17-6-5-7-19(21(17)27-22(18)25-14)20-11-10-16-15(12-24(2,3)4)13-28-23(16)26-20/h5-11,13H,12H2,1-4H3/i12D2. The molecule has 4 aromatic heterocycles. The summed E-state index contributed by atoms with van der Waals surface area (Å²) in [6, 6.07) is 14.0. The van der Waals surface area contributed by atoms with E-state index in [2.05, 4.69) is 4.98 Å². The highest BCUT2D eigenvalue weighted by atomic mass is 32.1. The molecule has 0 N–H and O–H groups in total. The number of para-hydroxylation sites is 1. The Morgan fingerprint density at radius 2 is 1.82 bits per heavy atom. The number of nitrogens with zero attached hydrogens (tertiary/aromatic N) is 2. The molecule has 28 heavy (non-hydrogen) atoms. The molecular formula is C24H22N2OS. The van der Waals surface area contributed by atoms with Gasteiger partial charge in [-0.3, -0.25) is 0 Å². The summed E-state index contributed by atoms with van der Waals surface area (Å²) >= 11 is 1.48. The summed E-state index contributed by atoms with van der Waals surface area (Å²) in [6.45, 7) is 7.73. The van der Waals surface area contributed by atoms with Crippen molar-refractivity contribution in [2.75, 3.05) is 0 Å². The Labute approximate surface area is 170 Å². The molecule has 0 aliphatic carbocycles. The van der Waals surface area contributed by atoms with Gasteiger partial charge in [0, 0.05) is 30.2 Å². The van der Waals surface area contributed by atoms with E-state index in [1.54, 1.807) is 0 Å². The van der Waals surface area contributed by atoms with Crippen LogP contribution in [-0.2, 0) is 6.37 Å². The summed E-state index contributed by atoms with van der Waals surface area (Å²) in [5.74, 6) is 0. The second kappa shape index (κ2) is 6.14. The van der Waals surface area contributed by atoms with Gasteiger partial charge >= 0.3 is 0 Å². The van der Waals surface area contributed by atoms with Crippen molar-refractivity contribution in [3.63, 3.8) is 0 Å². The monoisotopic (exact) mass is 388 g/mol. The van der Waals surface area contributed by atoms with E-state index in [9.17, 15) is 0 Å². The minimum absolute atomic E-state index is 0.509. The molecule has 1 aromatic carbocycles. The zero-order valence-electron chi connectivity index (χ0n) is 18.3. The van der Waals surface area contributed by atoms with Gasteiger partial charge in [0.1, 0.15) is 10.4 Å². The first-order valence-electron chi connectivity index (χ1n) is 10.3. The third-order valence-electron chi connectivity index (χ3n) is 4.73. The quantitative estimate of drug-likeness (QED) is 0.322. The first kappa shape index (κ1) is 15.2. The van der Waals surface area contributed by atoms with E-state index in [0.29, 0.717) is 11.3 Å². The molecule has 0 saturated heterocycles. The molecule has 5 aromatic rings. The summed E-state index contributed by atoms with van der Waals surface area (Å²) in [7, 11) is 0. The molecule has 3 nitrogen and oxygen atoms in total. The van der Waals surface area contributed by atoms with Crippen molar-refractivity contribution >= 4 is 43.6 Å². The fraction of sp³-hybridized carbons (Fsp3) is 0.250. The van der Waals surface area contributed by atoms with Gasteiger partial charge in [-0.1, -0.05) is 32.9 Å². The summed E-state index contributed by atoms with van der Waals surface area (Å²) in [5, 5.41) is 4.79. The van der Waals surface area contributed by atoms with Gasteiger partial charge in [-0.15, -0.1) is 11.3 Å². The Kier molecular flexibility index (Phi) is 3.34. The van der Waals surface area contributed by atoms with Crippen molar-refractivity contribution < 1.29 is 7.16 Å². The summed E-state index contributed by atoms with van der Waals surface area (Å²) in [6.07, 6.45) is -1.45. The maximum Gasteiger partial charge on any atom is 0.227 e. The minimum atomic E-state index is -1.45. The SMILES string of the molecule is [2H]C([2H])(c1csc2nc(-c3cccc4c3oc3nc(C)ccc34)ccc12)C(C)(C)C. The van der Waals surface area contributed by atoms with Gasteiger partial charge in [0.15, 0.2) is 0 Å². The molecule has 4 heteroatoms. The van der Waals surface area contributed by atoms with Crippen LogP contribution in [0.15, 0.2) is 52.3 Å². The zero-order valence-corrected chi connectivity index (χ0v) is 17.1. The molecule has 0 bridgehead atoms. The van der Waals surface area contributed by atoms with Crippen LogP contribution in [0.5, 0.6) is 0 Å². The molecule has 0 aliphatic rings. The number of aryl methyl sites for hydroxylation is 1. The van der Waals surface area contributed by atoms with Crippen LogP contribution < -0.4 is 0 Å². The number of pyridine rings is 2. The van der Waals surface area contributed by atoms with Crippen LogP contribution >= 0.6 is 11.3 Å². The Morgan fingerprint density at radius 1 is 1.00 bits per heavy atom. The molecule has 0 amide bonds.